The van der Waals surface area contributed by atoms with E-state index in [0.29, 0.717) is 11.4 Å². The largest absolute Gasteiger partial charge is 0.497 e. The molecule has 0 bridgehead atoms. The number of benzene rings is 3. The molecule has 10 nitrogen and oxygen atoms in total. The number of fused-ring (bicyclic) bond motifs is 1. The third-order valence-electron chi connectivity index (χ3n) is 6.91. The van der Waals surface area contributed by atoms with E-state index in [9.17, 15) is 18.0 Å². The Morgan fingerprint density at radius 2 is 1.68 bits per heavy atom. The summed E-state index contributed by atoms with van der Waals surface area (Å²) in [6, 6.07) is 17.5. The first-order valence-corrected chi connectivity index (χ1v) is 15.0. The van der Waals surface area contributed by atoms with E-state index in [1.165, 1.54) is 45.6 Å². The minimum atomic E-state index is -4.23. The van der Waals surface area contributed by atoms with Crippen molar-refractivity contribution >= 4 is 49.1 Å². The minimum absolute atomic E-state index is 0.0571. The fraction of sp³-hybridized carbons (Fsp3) is 0.276. The van der Waals surface area contributed by atoms with Crippen molar-refractivity contribution in [3.8, 4) is 16.3 Å². The summed E-state index contributed by atoms with van der Waals surface area (Å²) in [5.74, 6) is -0.685. The van der Waals surface area contributed by atoms with Gasteiger partial charge in [-0.05, 0) is 73.2 Å². The molecule has 2 heterocycles. The van der Waals surface area contributed by atoms with Crippen molar-refractivity contribution in [3.05, 3.63) is 72.3 Å². The van der Waals surface area contributed by atoms with E-state index in [2.05, 4.69) is 6.07 Å². The lowest BCUT2D eigenvalue weighted by atomic mass is 10.2. The van der Waals surface area contributed by atoms with Gasteiger partial charge in [0.05, 0.1) is 40.9 Å². The van der Waals surface area contributed by atoms with Gasteiger partial charge in [-0.3, -0.25) is 9.59 Å². The van der Waals surface area contributed by atoms with Crippen LogP contribution < -0.4 is 9.64 Å². The maximum Gasteiger partial charge on any atom is 0.252 e. The zero-order valence-corrected chi connectivity index (χ0v) is 24.6. The van der Waals surface area contributed by atoms with Gasteiger partial charge in [-0.25, -0.2) is 18.3 Å². The highest BCUT2D eigenvalue weighted by atomic mass is 32.2. The number of ether oxygens (including phenoxy) is 3. The highest BCUT2D eigenvalue weighted by molar-refractivity contribution is 7.89. The van der Waals surface area contributed by atoms with Crippen LogP contribution in [-0.2, 0) is 29.1 Å². The first kappa shape index (κ1) is 28.8. The maximum atomic E-state index is 13.8. The van der Waals surface area contributed by atoms with Gasteiger partial charge in [-0.15, -0.1) is 11.3 Å². The Morgan fingerprint density at radius 1 is 1.00 bits per heavy atom. The molecule has 0 aliphatic carbocycles. The van der Waals surface area contributed by atoms with Gasteiger partial charge in [-0.1, -0.05) is 6.07 Å². The molecule has 4 aromatic rings. The van der Waals surface area contributed by atoms with Gasteiger partial charge in [0.2, 0.25) is 15.9 Å². The van der Waals surface area contributed by atoms with Crippen molar-refractivity contribution in [2.75, 3.05) is 32.8 Å². The first-order chi connectivity index (χ1) is 19.7. The topological polar surface area (TPSA) is 115 Å². The molecule has 1 aliphatic rings. The predicted octanol–water partition coefficient (Wildman–Crippen LogP) is 4.22. The van der Waals surface area contributed by atoms with Gasteiger partial charge in [0, 0.05) is 19.8 Å². The van der Waals surface area contributed by atoms with Gasteiger partial charge >= 0.3 is 0 Å². The second-order valence-corrected chi connectivity index (χ2v) is 12.4. The van der Waals surface area contributed by atoms with E-state index in [1.807, 2.05) is 19.1 Å². The number of sulfonamides is 1. The maximum absolute atomic E-state index is 13.8. The van der Waals surface area contributed by atoms with Crippen molar-refractivity contribution < 1.29 is 32.2 Å². The summed E-state index contributed by atoms with van der Waals surface area (Å²) in [6.07, 6.45) is -1.29. The number of aromatic nitrogens is 1. The summed E-state index contributed by atoms with van der Waals surface area (Å²) in [5.41, 5.74) is 3.24. The van der Waals surface area contributed by atoms with Crippen LogP contribution in [0.15, 0.2) is 71.6 Å². The molecular weight excluding hydrogens is 566 g/mol. The molecule has 5 rings (SSSR count). The number of carbonyl (C=O) groups excluding carboxylic acids is 2. The second-order valence-electron chi connectivity index (χ2n) is 9.48. The smallest absolute Gasteiger partial charge is 0.252 e. The predicted molar refractivity (Wildman–Crippen MR) is 155 cm³/mol. The van der Waals surface area contributed by atoms with E-state index in [-0.39, 0.29) is 17.9 Å². The molecule has 2 amide bonds. The average Bonchev–Trinajstić information content (AvgIpc) is 3.53. The number of carbonyl (C=O) groups is 2. The summed E-state index contributed by atoms with van der Waals surface area (Å²) >= 11 is 1.56. The fourth-order valence-corrected chi connectivity index (χ4v) is 7.33. The molecule has 0 radical (unpaired) electrons. The number of imide groups is 1. The standard InChI is InChI=1S/C29H29N3O7S2/c1-18-5-14-23-25(15-18)40-28(30-23)19-6-8-20(9-7-19)32-26(33)16-24(29(32)34)31(17-27(38-3)39-4)41(35,36)22-12-10-21(37-2)11-13-22/h5-15,24,27H,16-17H2,1-4H3. The van der Waals surface area contributed by atoms with Gasteiger partial charge < -0.3 is 14.2 Å². The van der Waals surface area contributed by atoms with Gasteiger partial charge in [0.25, 0.3) is 5.91 Å². The summed E-state index contributed by atoms with van der Waals surface area (Å²) in [4.78, 5) is 32.5. The summed E-state index contributed by atoms with van der Waals surface area (Å²) in [7, 11) is -0.0217. The summed E-state index contributed by atoms with van der Waals surface area (Å²) in [6.45, 7) is 1.73. The second kappa shape index (κ2) is 11.7. The van der Waals surface area contributed by atoms with Crippen LogP contribution in [-0.4, -0.2) is 69.7 Å². The normalized spacial score (nSPS) is 16.0. The molecule has 41 heavy (non-hydrogen) atoms. The zero-order valence-electron chi connectivity index (χ0n) is 22.9. The summed E-state index contributed by atoms with van der Waals surface area (Å²) in [5, 5.41) is 0.816. The van der Waals surface area contributed by atoms with Crippen LogP contribution in [0.5, 0.6) is 5.75 Å². The molecule has 3 aromatic carbocycles. The number of hydrogen-bond donors (Lipinski definition) is 0. The molecule has 12 heteroatoms. The van der Waals surface area contributed by atoms with Crippen LogP contribution >= 0.6 is 11.3 Å². The number of amides is 2. The van der Waals surface area contributed by atoms with Crippen molar-refractivity contribution in [1.82, 2.24) is 9.29 Å². The Balaban J connectivity index is 1.44. The van der Waals surface area contributed by atoms with Crippen LogP contribution in [0, 0.1) is 6.92 Å². The zero-order chi connectivity index (χ0) is 29.3. The van der Waals surface area contributed by atoms with Crippen LogP contribution in [0.2, 0.25) is 0 Å². The van der Waals surface area contributed by atoms with Crippen LogP contribution in [0.4, 0.5) is 5.69 Å². The SMILES string of the molecule is COc1ccc(S(=O)(=O)N(CC(OC)OC)C2CC(=O)N(c3ccc(-c4nc5ccc(C)cc5s4)cc3)C2=O)cc1. The molecule has 1 atom stereocenters. The number of thiazole rings is 1. The van der Waals surface area contributed by atoms with E-state index in [1.54, 1.807) is 35.6 Å². The number of rotatable bonds is 10. The lowest BCUT2D eigenvalue weighted by Gasteiger charge is -2.29. The fourth-order valence-electron chi connectivity index (χ4n) is 4.69. The Labute approximate surface area is 242 Å². The van der Waals surface area contributed by atoms with Gasteiger partial charge in [-0.2, -0.15) is 4.31 Å². The highest BCUT2D eigenvalue weighted by Gasteiger charge is 2.47. The lowest BCUT2D eigenvalue weighted by molar-refractivity contribution is -0.125. The molecule has 214 valence electrons. The van der Waals surface area contributed by atoms with Gasteiger partial charge in [0.15, 0.2) is 6.29 Å². The first-order valence-electron chi connectivity index (χ1n) is 12.7. The Bertz CT molecular complexity index is 1680. The van der Waals surface area contributed by atoms with E-state index in [4.69, 9.17) is 19.2 Å². The Hall–Kier alpha value is -3.68. The molecule has 0 spiro atoms. The minimum Gasteiger partial charge on any atom is -0.497 e. The van der Waals surface area contributed by atoms with Gasteiger partial charge in [0.1, 0.15) is 16.8 Å². The number of methoxy groups -OCH3 is 3. The van der Waals surface area contributed by atoms with Crippen LogP contribution in [0.3, 0.4) is 0 Å². The number of aryl methyl sites for hydroxylation is 1. The Morgan fingerprint density at radius 3 is 2.32 bits per heavy atom. The monoisotopic (exact) mass is 595 g/mol. The van der Waals surface area contributed by atoms with Crippen molar-refractivity contribution in [1.29, 1.82) is 0 Å². The summed E-state index contributed by atoms with van der Waals surface area (Å²) < 4.78 is 45.2. The molecule has 1 aromatic heterocycles. The molecule has 1 aliphatic heterocycles. The molecule has 0 saturated carbocycles. The molecule has 1 saturated heterocycles. The van der Waals surface area contributed by atoms with E-state index in [0.717, 1.165) is 35.6 Å². The number of nitrogens with zero attached hydrogens (tertiary/aromatic N) is 3. The number of hydrogen-bond acceptors (Lipinski definition) is 9. The third-order valence-corrected chi connectivity index (χ3v) is 9.86. The third kappa shape index (κ3) is 5.61. The van der Waals surface area contributed by atoms with Crippen molar-refractivity contribution in [2.45, 2.75) is 30.6 Å². The van der Waals surface area contributed by atoms with Crippen molar-refractivity contribution in [3.63, 3.8) is 0 Å². The lowest BCUT2D eigenvalue weighted by Crippen LogP contribution is -2.49. The molecule has 0 N–H and O–H groups in total. The molecule has 1 unspecified atom stereocenters. The number of anilines is 1. The highest BCUT2D eigenvalue weighted by Crippen LogP contribution is 2.34. The van der Waals surface area contributed by atoms with Crippen molar-refractivity contribution in [2.24, 2.45) is 0 Å². The quantitative estimate of drug-likeness (QED) is 0.198. The molecular formula is C29H29N3O7S2. The van der Waals surface area contributed by atoms with E-state index < -0.39 is 34.2 Å². The van der Waals surface area contributed by atoms with Crippen LogP contribution in [0.25, 0.3) is 20.8 Å². The Kier molecular flexibility index (Phi) is 8.20. The van der Waals surface area contributed by atoms with E-state index >= 15 is 0 Å². The average molecular weight is 596 g/mol. The van der Waals surface area contributed by atoms with Crippen LogP contribution in [0.1, 0.15) is 12.0 Å². The molecule has 1 fully saturated rings.